The van der Waals surface area contributed by atoms with Crippen LogP contribution in [0.25, 0.3) is 0 Å². The first-order valence-corrected chi connectivity index (χ1v) is 3.80. The van der Waals surface area contributed by atoms with Gasteiger partial charge in [-0.3, -0.25) is 0 Å². The minimum absolute atomic E-state index is 0.0648. The summed E-state index contributed by atoms with van der Waals surface area (Å²) in [6, 6.07) is -0.0648. The quantitative estimate of drug-likeness (QED) is 0.417. The molecule has 1 saturated heterocycles. The van der Waals surface area contributed by atoms with Gasteiger partial charge in [0.1, 0.15) is 0 Å². The molecule has 4 atom stereocenters. The highest BCUT2D eigenvalue weighted by Gasteiger charge is 2.33. The van der Waals surface area contributed by atoms with Crippen molar-refractivity contribution in [1.29, 1.82) is 0 Å². The Labute approximate surface area is 65.0 Å². The van der Waals surface area contributed by atoms with Gasteiger partial charge in [0, 0.05) is 12.6 Å². The molecule has 3 N–H and O–H groups in total. The van der Waals surface area contributed by atoms with E-state index in [1.165, 1.54) is 0 Å². The van der Waals surface area contributed by atoms with E-state index in [1.54, 1.807) is 0 Å². The van der Waals surface area contributed by atoms with Crippen molar-refractivity contribution < 1.29 is 10.2 Å². The summed E-state index contributed by atoms with van der Waals surface area (Å²) in [6.45, 7) is 2.37. The van der Waals surface area contributed by atoms with Gasteiger partial charge in [-0.15, -0.1) is 11.6 Å². The van der Waals surface area contributed by atoms with Crippen molar-refractivity contribution in [1.82, 2.24) is 5.32 Å². The Balaban J connectivity index is 2.52. The summed E-state index contributed by atoms with van der Waals surface area (Å²) in [5, 5.41) is 21.0. The minimum Gasteiger partial charge on any atom is -0.389 e. The van der Waals surface area contributed by atoms with E-state index in [-0.39, 0.29) is 11.4 Å². The van der Waals surface area contributed by atoms with Gasteiger partial charge in [-0.05, 0) is 6.92 Å². The summed E-state index contributed by atoms with van der Waals surface area (Å²) in [7, 11) is 0. The molecule has 1 aliphatic rings. The molecule has 0 aliphatic carbocycles. The molecule has 0 amide bonds. The molecule has 1 rings (SSSR count). The van der Waals surface area contributed by atoms with Crippen molar-refractivity contribution in [2.45, 2.75) is 30.6 Å². The average molecular weight is 166 g/mol. The topological polar surface area (TPSA) is 52.5 Å². The molecule has 0 aromatic carbocycles. The highest BCUT2D eigenvalue weighted by molar-refractivity contribution is 6.21. The molecule has 1 heterocycles. The lowest BCUT2D eigenvalue weighted by Crippen LogP contribution is -2.56. The molecule has 1 fully saturated rings. The van der Waals surface area contributed by atoms with Crippen LogP contribution in [0.1, 0.15) is 6.92 Å². The third-order valence-electron chi connectivity index (χ3n) is 1.87. The second-order valence-corrected chi connectivity index (χ2v) is 3.25. The van der Waals surface area contributed by atoms with E-state index in [9.17, 15) is 10.2 Å². The first-order valence-electron chi connectivity index (χ1n) is 3.36. The van der Waals surface area contributed by atoms with Crippen molar-refractivity contribution in [3.8, 4) is 0 Å². The zero-order valence-electron chi connectivity index (χ0n) is 5.79. The fraction of sp³-hybridized carbons (Fsp3) is 1.00. The van der Waals surface area contributed by atoms with Crippen molar-refractivity contribution in [2.24, 2.45) is 0 Å². The van der Waals surface area contributed by atoms with E-state index < -0.39 is 12.2 Å². The van der Waals surface area contributed by atoms with E-state index in [4.69, 9.17) is 11.6 Å². The summed E-state index contributed by atoms with van der Waals surface area (Å²) in [5.74, 6) is 0. The molecular weight excluding hydrogens is 154 g/mol. The number of hydrogen-bond donors (Lipinski definition) is 3. The van der Waals surface area contributed by atoms with Gasteiger partial charge < -0.3 is 15.5 Å². The van der Waals surface area contributed by atoms with Crippen LogP contribution in [0.3, 0.4) is 0 Å². The van der Waals surface area contributed by atoms with Gasteiger partial charge in [0.05, 0.1) is 17.6 Å². The number of hydrogen-bond acceptors (Lipinski definition) is 3. The molecule has 10 heavy (non-hydrogen) atoms. The van der Waals surface area contributed by atoms with Crippen molar-refractivity contribution >= 4 is 11.6 Å². The molecule has 4 unspecified atom stereocenters. The van der Waals surface area contributed by atoms with Crippen molar-refractivity contribution in [3.05, 3.63) is 0 Å². The standard InChI is InChI=1S/C6H12ClNO2/c1-3-5(9)6(10)4(7)2-8-3/h3-6,8-10H,2H2,1H3. The maximum absolute atomic E-state index is 9.22. The van der Waals surface area contributed by atoms with Gasteiger partial charge in [-0.1, -0.05) is 0 Å². The molecule has 0 spiro atoms. The van der Waals surface area contributed by atoms with Crippen LogP contribution in [0, 0.1) is 0 Å². The Morgan fingerprint density at radius 3 is 2.50 bits per heavy atom. The lowest BCUT2D eigenvalue weighted by molar-refractivity contribution is -0.0193. The molecule has 60 valence electrons. The van der Waals surface area contributed by atoms with E-state index in [2.05, 4.69) is 5.32 Å². The zero-order chi connectivity index (χ0) is 7.72. The van der Waals surface area contributed by atoms with Gasteiger partial charge in [0.25, 0.3) is 0 Å². The number of aliphatic hydroxyl groups is 2. The number of aliphatic hydroxyl groups excluding tert-OH is 2. The van der Waals surface area contributed by atoms with Crippen LogP contribution in [-0.2, 0) is 0 Å². The number of piperidine rings is 1. The molecule has 4 heteroatoms. The predicted molar refractivity (Wildman–Crippen MR) is 39.1 cm³/mol. The van der Waals surface area contributed by atoms with E-state index in [0.29, 0.717) is 6.54 Å². The van der Waals surface area contributed by atoms with E-state index >= 15 is 0 Å². The Morgan fingerprint density at radius 2 is 2.00 bits per heavy atom. The highest BCUT2D eigenvalue weighted by atomic mass is 35.5. The monoisotopic (exact) mass is 165 g/mol. The smallest absolute Gasteiger partial charge is 0.0989 e. The number of nitrogens with one attached hydrogen (secondary N) is 1. The fourth-order valence-electron chi connectivity index (χ4n) is 1.05. The van der Waals surface area contributed by atoms with Crippen LogP contribution in [0.15, 0.2) is 0 Å². The largest absolute Gasteiger partial charge is 0.389 e. The molecule has 0 aromatic heterocycles. The number of rotatable bonds is 0. The fourth-order valence-corrected chi connectivity index (χ4v) is 1.29. The van der Waals surface area contributed by atoms with E-state index in [0.717, 1.165) is 0 Å². The summed E-state index contributed by atoms with van der Waals surface area (Å²) in [5.41, 5.74) is 0. The summed E-state index contributed by atoms with van der Waals surface area (Å²) >= 11 is 5.65. The van der Waals surface area contributed by atoms with Crippen molar-refractivity contribution in [2.75, 3.05) is 6.54 Å². The predicted octanol–water partition coefficient (Wildman–Crippen LogP) is -0.693. The third-order valence-corrected chi connectivity index (χ3v) is 2.28. The Morgan fingerprint density at radius 1 is 1.40 bits per heavy atom. The molecule has 0 saturated carbocycles. The van der Waals surface area contributed by atoms with Gasteiger partial charge in [0.15, 0.2) is 0 Å². The average Bonchev–Trinajstić information content (AvgIpc) is 1.93. The van der Waals surface area contributed by atoms with Crippen LogP contribution in [0.2, 0.25) is 0 Å². The lowest BCUT2D eigenvalue weighted by atomic mass is 10.00. The number of alkyl halides is 1. The maximum atomic E-state index is 9.22. The first-order chi connectivity index (χ1) is 4.63. The lowest BCUT2D eigenvalue weighted by Gasteiger charge is -2.33. The molecule has 1 aliphatic heterocycles. The van der Waals surface area contributed by atoms with Crippen LogP contribution in [-0.4, -0.2) is 40.4 Å². The Kier molecular flexibility index (Phi) is 2.52. The van der Waals surface area contributed by atoms with Crippen LogP contribution < -0.4 is 5.32 Å². The van der Waals surface area contributed by atoms with Crippen molar-refractivity contribution in [3.63, 3.8) is 0 Å². The highest BCUT2D eigenvalue weighted by Crippen LogP contribution is 2.14. The molecule has 3 nitrogen and oxygen atoms in total. The summed E-state index contributed by atoms with van der Waals surface area (Å²) in [4.78, 5) is 0. The minimum atomic E-state index is -0.794. The van der Waals surface area contributed by atoms with Gasteiger partial charge in [-0.25, -0.2) is 0 Å². The molecule has 0 radical (unpaired) electrons. The van der Waals surface area contributed by atoms with Gasteiger partial charge in [0.2, 0.25) is 0 Å². The molecule has 0 aromatic rings. The SMILES string of the molecule is CC1NCC(Cl)C(O)C1O. The van der Waals surface area contributed by atoms with Gasteiger partial charge in [-0.2, -0.15) is 0 Å². The first kappa shape index (κ1) is 8.27. The van der Waals surface area contributed by atoms with Crippen LogP contribution in [0.4, 0.5) is 0 Å². The second kappa shape index (κ2) is 3.05. The Bertz CT molecular complexity index is 108. The normalized spacial score (nSPS) is 49.2. The van der Waals surface area contributed by atoms with Gasteiger partial charge >= 0.3 is 0 Å². The maximum Gasteiger partial charge on any atom is 0.0989 e. The Hall–Kier alpha value is 0.170. The molecule has 0 bridgehead atoms. The third kappa shape index (κ3) is 1.42. The van der Waals surface area contributed by atoms with Crippen LogP contribution in [0.5, 0.6) is 0 Å². The second-order valence-electron chi connectivity index (χ2n) is 2.69. The van der Waals surface area contributed by atoms with E-state index in [1.807, 2.05) is 6.92 Å². The number of halogens is 1. The van der Waals surface area contributed by atoms with Crippen LogP contribution >= 0.6 is 11.6 Å². The summed E-state index contributed by atoms with van der Waals surface area (Å²) < 4.78 is 0. The summed E-state index contributed by atoms with van der Waals surface area (Å²) in [6.07, 6.45) is -1.53. The molecular formula is C6H12ClNO2. The zero-order valence-corrected chi connectivity index (χ0v) is 6.54.